The van der Waals surface area contributed by atoms with Crippen molar-refractivity contribution in [1.29, 1.82) is 0 Å². The first-order valence-corrected chi connectivity index (χ1v) is 8.89. The number of hydrogen-bond acceptors (Lipinski definition) is 5. The molecule has 0 saturated carbocycles. The van der Waals surface area contributed by atoms with Crippen LogP contribution in [-0.4, -0.2) is 44.0 Å². The number of hydrogen-bond donors (Lipinski definition) is 0. The Labute approximate surface area is 155 Å². The molecule has 4 rings (SSSR count). The minimum atomic E-state index is -0.0782. The van der Waals surface area contributed by atoms with Gasteiger partial charge in [0.05, 0.1) is 23.5 Å². The van der Waals surface area contributed by atoms with Crippen molar-refractivity contribution in [2.24, 2.45) is 0 Å². The van der Waals surface area contributed by atoms with Crippen LogP contribution in [0.5, 0.6) is 0 Å². The van der Waals surface area contributed by atoms with Crippen LogP contribution in [0, 0.1) is 6.92 Å². The average Bonchev–Trinajstić information content (AvgIpc) is 3.32. The van der Waals surface area contributed by atoms with Crippen LogP contribution in [0.15, 0.2) is 41.2 Å². The number of carbonyl (C=O) groups excluding carboxylic acids is 1. The zero-order valence-corrected chi connectivity index (χ0v) is 15.1. The number of halogens is 1. The molecule has 0 radical (unpaired) electrons. The van der Waals surface area contributed by atoms with Gasteiger partial charge < -0.3 is 9.42 Å². The van der Waals surface area contributed by atoms with Crippen molar-refractivity contribution >= 4 is 17.5 Å². The Morgan fingerprint density at radius 1 is 1.19 bits per heavy atom. The number of amides is 1. The lowest BCUT2D eigenvalue weighted by atomic mass is 10.0. The van der Waals surface area contributed by atoms with Gasteiger partial charge in [0.15, 0.2) is 0 Å². The smallest absolute Gasteiger partial charge is 0.259 e. The van der Waals surface area contributed by atoms with E-state index in [1.807, 2.05) is 23.1 Å². The Morgan fingerprint density at radius 2 is 1.88 bits per heavy atom. The third kappa shape index (κ3) is 2.99. The van der Waals surface area contributed by atoms with Crippen LogP contribution in [0.1, 0.15) is 35.0 Å². The summed E-state index contributed by atoms with van der Waals surface area (Å²) >= 11 is 6.28. The molecule has 1 aliphatic heterocycles. The lowest BCUT2D eigenvalue weighted by molar-refractivity contribution is 0.0682. The molecule has 2 aromatic heterocycles. The summed E-state index contributed by atoms with van der Waals surface area (Å²) in [6.07, 6.45) is 4.97. The van der Waals surface area contributed by atoms with Crippen LogP contribution in [-0.2, 0) is 0 Å². The fraction of sp³-hybridized carbons (Fsp3) is 0.333. The van der Waals surface area contributed by atoms with E-state index >= 15 is 0 Å². The molecule has 8 heteroatoms. The molecule has 134 valence electrons. The van der Waals surface area contributed by atoms with Gasteiger partial charge in [0.2, 0.25) is 0 Å². The van der Waals surface area contributed by atoms with E-state index in [4.69, 9.17) is 16.1 Å². The number of carbonyl (C=O) groups is 1. The molecular formula is C18H18ClN5O2. The molecule has 0 spiro atoms. The highest BCUT2D eigenvalue weighted by Gasteiger charge is 2.30. The predicted octanol–water partition coefficient (Wildman–Crippen LogP) is 3.37. The first kappa shape index (κ1) is 16.8. The van der Waals surface area contributed by atoms with E-state index in [1.165, 1.54) is 0 Å². The van der Waals surface area contributed by atoms with Gasteiger partial charge in [-0.1, -0.05) is 35.0 Å². The summed E-state index contributed by atoms with van der Waals surface area (Å²) in [6.45, 7) is 3.02. The molecule has 1 saturated heterocycles. The van der Waals surface area contributed by atoms with Gasteiger partial charge in [-0.15, -0.1) is 0 Å². The van der Waals surface area contributed by atoms with E-state index < -0.39 is 0 Å². The first-order valence-electron chi connectivity index (χ1n) is 8.51. The summed E-state index contributed by atoms with van der Waals surface area (Å²) < 4.78 is 5.32. The number of aromatic nitrogens is 4. The first-order chi connectivity index (χ1) is 12.6. The molecule has 0 atom stereocenters. The predicted molar refractivity (Wildman–Crippen MR) is 95.9 cm³/mol. The van der Waals surface area contributed by atoms with Crippen LogP contribution < -0.4 is 0 Å². The maximum absolute atomic E-state index is 13.1. The number of likely N-dealkylation sites (tertiary alicyclic amines) is 1. The van der Waals surface area contributed by atoms with Crippen LogP contribution >= 0.6 is 11.6 Å². The molecule has 0 aliphatic carbocycles. The van der Waals surface area contributed by atoms with Gasteiger partial charge in [0, 0.05) is 18.7 Å². The van der Waals surface area contributed by atoms with Crippen molar-refractivity contribution in [1.82, 2.24) is 25.1 Å². The quantitative estimate of drug-likeness (QED) is 0.705. The minimum Gasteiger partial charge on any atom is -0.360 e. The molecule has 7 nitrogen and oxygen atoms in total. The molecule has 26 heavy (non-hydrogen) atoms. The molecule has 1 fully saturated rings. The van der Waals surface area contributed by atoms with E-state index in [9.17, 15) is 4.79 Å². The van der Waals surface area contributed by atoms with Crippen molar-refractivity contribution in [3.05, 3.63) is 53.0 Å². The third-order valence-electron chi connectivity index (χ3n) is 4.72. The monoisotopic (exact) mass is 371 g/mol. The number of aryl methyl sites for hydroxylation is 1. The second-order valence-electron chi connectivity index (χ2n) is 6.32. The highest BCUT2D eigenvalue weighted by molar-refractivity contribution is 6.33. The van der Waals surface area contributed by atoms with Crippen molar-refractivity contribution in [2.45, 2.75) is 25.8 Å². The molecule has 3 heterocycles. The lowest BCUT2D eigenvalue weighted by Gasteiger charge is -2.31. The molecule has 1 aliphatic rings. The largest absolute Gasteiger partial charge is 0.360 e. The Hall–Kier alpha value is -2.67. The number of piperidine rings is 1. The van der Waals surface area contributed by atoms with Crippen molar-refractivity contribution in [3.8, 4) is 11.3 Å². The SMILES string of the molecule is Cc1onc(-c2ccccc2Cl)c1C(=O)N1CCC(n2nccn2)CC1. The summed E-state index contributed by atoms with van der Waals surface area (Å²) in [5.41, 5.74) is 1.67. The van der Waals surface area contributed by atoms with Gasteiger partial charge in [0.1, 0.15) is 17.0 Å². The van der Waals surface area contributed by atoms with Crippen LogP contribution in [0.2, 0.25) is 5.02 Å². The van der Waals surface area contributed by atoms with E-state index in [-0.39, 0.29) is 11.9 Å². The van der Waals surface area contributed by atoms with E-state index in [0.717, 1.165) is 12.8 Å². The maximum Gasteiger partial charge on any atom is 0.259 e. The van der Waals surface area contributed by atoms with Crippen LogP contribution in [0.4, 0.5) is 0 Å². The standard InChI is InChI=1S/C18H18ClN5O2/c1-12-16(17(22-26-12)14-4-2-3-5-15(14)19)18(25)23-10-6-13(7-11-23)24-20-8-9-21-24/h2-5,8-9,13H,6-7,10-11H2,1H3. The summed E-state index contributed by atoms with van der Waals surface area (Å²) in [5, 5.41) is 13.0. The van der Waals surface area contributed by atoms with Gasteiger partial charge in [0.25, 0.3) is 5.91 Å². The highest BCUT2D eigenvalue weighted by Crippen LogP contribution is 2.32. The van der Waals surface area contributed by atoms with Crippen molar-refractivity contribution in [2.75, 3.05) is 13.1 Å². The van der Waals surface area contributed by atoms with Gasteiger partial charge in [-0.25, -0.2) is 0 Å². The van der Waals surface area contributed by atoms with Crippen LogP contribution in [0.3, 0.4) is 0 Å². The minimum absolute atomic E-state index is 0.0782. The van der Waals surface area contributed by atoms with Gasteiger partial charge in [-0.2, -0.15) is 15.0 Å². The third-order valence-corrected chi connectivity index (χ3v) is 5.05. The Kier molecular flexibility index (Phi) is 4.46. The van der Waals surface area contributed by atoms with E-state index in [2.05, 4.69) is 15.4 Å². The molecule has 0 unspecified atom stereocenters. The maximum atomic E-state index is 13.1. The zero-order valence-electron chi connectivity index (χ0n) is 14.3. The number of nitrogens with zero attached hydrogens (tertiary/aromatic N) is 5. The fourth-order valence-corrected chi connectivity index (χ4v) is 3.56. The van der Waals surface area contributed by atoms with Crippen molar-refractivity contribution < 1.29 is 9.32 Å². The highest BCUT2D eigenvalue weighted by atomic mass is 35.5. The topological polar surface area (TPSA) is 77.0 Å². The van der Waals surface area contributed by atoms with E-state index in [1.54, 1.807) is 30.2 Å². The average molecular weight is 372 g/mol. The summed E-state index contributed by atoms with van der Waals surface area (Å²) in [7, 11) is 0. The van der Waals surface area contributed by atoms with Gasteiger partial charge in [-0.3, -0.25) is 4.79 Å². The Morgan fingerprint density at radius 3 is 2.58 bits per heavy atom. The summed E-state index contributed by atoms with van der Waals surface area (Å²) in [6, 6.07) is 7.54. The summed E-state index contributed by atoms with van der Waals surface area (Å²) in [5.74, 6) is 0.423. The molecule has 0 N–H and O–H groups in total. The molecular weight excluding hydrogens is 354 g/mol. The summed E-state index contributed by atoms with van der Waals surface area (Å²) in [4.78, 5) is 16.7. The van der Waals surface area contributed by atoms with Crippen LogP contribution in [0.25, 0.3) is 11.3 Å². The Balaban J connectivity index is 1.56. The molecule has 1 aromatic carbocycles. The Bertz CT molecular complexity index is 914. The fourth-order valence-electron chi connectivity index (χ4n) is 3.33. The molecule has 3 aromatic rings. The van der Waals surface area contributed by atoms with Gasteiger partial charge in [-0.05, 0) is 25.8 Å². The zero-order chi connectivity index (χ0) is 18.1. The lowest BCUT2D eigenvalue weighted by Crippen LogP contribution is -2.39. The normalized spacial score (nSPS) is 15.4. The second-order valence-corrected chi connectivity index (χ2v) is 6.72. The molecule has 0 bridgehead atoms. The number of rotatable bonds is 3. The van der Waals surface area contributed by atoms with Crippen molar-refractivity contribution in [3.63, 3.8) is 0 Å². The van der Waals surface area contributed by atoms with Gasteiger partial charge >= 0.3 is 0 Å². The molecule has 1 amide bonds. The van der Waals surface area contributed by atoms with E-state index in [0.29, 0.717) is 40.7 Å². The second kappa shape index (κ2) is 6.92. The number of benzene rings is 1.